The van der Waals surface area contributed by atoms with Gasteiger partial charge in [0.05, 0.1) is 0 Å². The van der Waals surface area contributed by atoms with Crippen molar-refractivity contribution >= 4 is 17.5 Å². The van der Waals surface area contributed by atoms with E-state index in [9.17, 15) is 9.59 Å². The molecule has 7 heteroatoms. The van der Waals surface area contributed by atoms with Gasteiger partial charge in [-0.05, 0) is 93.2 Å². The number of hydrogen-bond donors (Lipinski definition) is 2. The number of hydrogen-bond acceptors (Lipinski definition) is 4. The smallest absolute Gasteiger partial charge is 0.274 e. The molecule has 1 aliphatic heterocycles. The molecule has 4 saturated carbocycles. The molecule has 5 fully saturated rings. The first-order chi connectivity index (χ1) is 16.0. The Labute approximate surface area is 195 Å². The van der Waals surface area contributed by atoms with Crippen molar-refractivity contribution in [1.29, 1.82) is 0 Å². The Morgan fingerprint density at radius 2 is 1.91 bits per heavy atom. The first-order valence-electron chi connectivity index (χ1n) is 12.7. The van der Waals surface area contributed by atoms with E-state index in [0.717, 1.165) is 50.2 Å². The summed E-state index contributed by atoms with van der Waals surface area (Å²) in [4.78, 5) is 32.7. The number of carbonyl (C=O) groups is 2. The van der Waals surface area contributed by atoms with Gasteiger partial charge in [0.1, 0.15) is 17.0 Å². The van der Waals surface area contributed by atoms with Gasteiger partial charge in [0.25, 0.3) is 11.8 Å². The lowest BCUT2D eigenvalue weighted by Gasteiger charge is -2.56. The van der Waals surface area contributed by atoms with E-state index in [1.807, 2.05) is 25.2 Å². The largest absolute Gasteiger partial charge is 0.350 e. The predicted molar refractivity (Wildman–Crippen MR) is 126 cm³/mol. The summed E-state index contributed by atoms with van der Waals surface area (Å²) < 4.78 is 1.77. The minimum atomic E-state index is -0.0904. The number of aromatic nitrogens is 2. The normalized spacial score (nSPS) is 32.8. The molecule has 0 radical (unpaired) electrons. The molecular formula is C26H35N5O2. The number of fused-ring (bicyclic) bond motifs is 1. The first kappa shape index (κ1) is 21.1. The van der Waals surface area contributed by atoms with Gasteiger partial charge in [-0.2, -0.15) is 0 Å². The molecule has 1 atom stereocenters. The van der Waals surface area contributed by atoms with E-state index in [0.29, 0.717) is 22.5 Å². The highest BCUT2D eigenvalue weighted by Crippen LogP contribution is 2.59. The second kappa shape index (κ2) is 8.12. The van der Waals surface area contributed by atoms with Crippen LogP contribution in [0, 0.1) is 23.2 Å². The van der Waals surface area contributed by atoms with Gasteiger partial charge in [0.2, 0.25) is 0 Å². The average molecular weight is 450 g/mol. The maximum absolute atomic E-state index is 13.2. The number of piperidine rings is 1. The summed E-state index contributed by atoms with van der Waals surface area (Å²) in [7, 11) is 1.85. The van der Waals surface area contributed by atoms with Crippen molar-refractivity contribution < 1.29 is 9.59 Å². The highest BCUT2D eigenvalue weighted by Gasteiger charge is 2.50. The zero-order valence-corrected chi connectivity index (χ0v) is 19.6. The van der Waals surface area contributed by atoms with E-state index in [4.69, 9.17) is 0 Å². The Kier molecular flexibility index (Phi) is 5.20. The molecule has 176 valence electrons. The molecule has 2 N–H and O–H groups in total. The maximum atomic E-state index is 13.2. The number of pyridine rings is 1. The third kappa shape index (κ3) is 3.84. The highest BCUT2D eigenvalue weighted by molar-refractivity contribution is 5.95. The van der Waals surface area contributed by atoms with Crippen LogP contribution in [0.1, 0.15) is 72.3 Å². The quantitative estimate of drug-likeness (QED) is 0.735. The fraction of sp³-hybridized carbons (Fsp3) is 0.654. The molecule has 0 aromatic carbocycles. The van der Waals surface area contributed by atoms with Crippen molar-refractivity contribution in [2.75, 3.05) is 26.7 Å². The van der Waals surface area contributed by atoms with E-state index < -0.39 is 0 Å². The van der Waals surface area contributed by atoms with E-state index in [-0.39, 0.29) is 17.9 Å². The van der Waals surface area contributed by atoms with Crippen LogP contribution in [-0.4, -0.2) is 58.8 Å². The zero-order valence-electron chi connectivity index (χ0n) is 19.6. The van der Waals surface area contributed by atoms with Gasteiger partial charge in [-0.1, -0.05) is 6.07 Å². The molecule has 5 aliphatic rings. The molecule has 2 aromatic heterocycles. The van der Waals surface area contributed by atoms with Crippen LogP contribution in [0.15, 0.2) is 24.4 Å². The first-order valence-corrected chi connectivity index (χ1v) is 12.7. The molecular weight excluding hydrogens is 414 g/mol. The topological polar surface area (TPSA) is 78.7 Å². The van der Waals surface area contributed by atoms with Gasteiger partial charge >= 0.3 is 0 Å². The summed E-state index contributed by atoms with van der Waals surface area (Å²) in [6.45, 7) is 2.59. The van der Waals surface area contributed by atoms with Crippen molar-refractivity contribution in [1.82, 2.24) is 24.9 Å². The fourth-order valence-electron chi connectivity index (χ4n) is 7.67. The van der Waals surface area contributed by atoms with Gasteiger partial charge in [-0.3, -0.25) is 14.0 Å². The number of nitrogens with one attached hydrogen (secondary N) is 2. The van der Waals surface area contributed by atoms with Gasteiger partial charge in [0, 0.05) is 32.4 Å². The van der Waals surface area contributed by atoms with Crippen molar-refractivity contribution in [3.63, 3.8) is 0 Å². The minimum Gasteiger partial charge on any atom is -0.350 e. The second-order valence-electron chi connectivity index (χ2n) is 11.3. The van der Waals surface area contributed by atoms with Gasteiger partial charge < -0.3 is 15.5 Å². The van der Waals surface area contributed by atoms with Crippen LogP contribution in [0.3, 0.4) is 0 Å². The molecule has 2 aromatic rings. The number of carbonyl (C=O) groups excluding carboxylic acids is 2. The summed E-state index contributed by atoms with van der Waals surface area (Å²) in [6.07, 6.45) is 11.8. The van der Waals surface area contributed by atoms with Crippen LogP contribution in [0.4, 0.5) is 0 Å². The Morgan fingerprint density at radius 1 is 1.18 bits per heavy atom. The third-order valence-corrected chi connectivity index (χ3v) is 8.87. The van der Waals surface area contributed by atoms with E-state index in [1.165, 1.54) is 38.5 Å². The SMILES string of the molecule is CN(C(=O)c1cn2c(C(=O)NCC34CC5CC(CC(C5)C3)C4)cccc2n1)C1CCCNC1. The number of likely N-dealkylation sites (N-methyl/N-ethyl adjacent to an activating group) is 1. The van der Waals surface area contributed by atoms with E-state index in [1.54, 1.807) is 15.5 Å². The van der Waals surface area contributed by atoms with Gasteiger partial charge in [-0.25, -0.2) is 4.98 Å². The van der Waals surface area contributed by atoms with E-state index >= 15 is 0 Å². The van der Waals surface area contributed by atoms with Crippen molar-refractivity contribution in [3.05, 3.63) is 35.8 Å². The lowest BCUT2D eigenvalue weighted by Crippen LogP contribution is -2.51. The Balaban J connectivity index is 1.18. The van der Waals surface area contributed by atoms with Gasteiger partial charge in [0.15, 0.2) is 0 Å². The summed E-state index contributed by atoms with van der Waals surface area (Å²) in [5, 5.41) is 6.63. The molecule has 7 rings (SSSR count). The molecule has 0 spiro atoms. The standard InChI is InChI=1S/C26H35N5O2/c1-30(20-4-3-7-27-14-20)25(33)21-15-31-22(5-2-6-23(31)29-21)24(32)28-16-26-11-17-8-18(12-26)10-19(9-17)13-26/h2,5-6,15,17-20,27H,3-4,7-14,16H2,1H3,(H,28,32). The van der Waals surface area contributed by atoms with Crippen LogP contribution in [0.5, 0.6) is 0 Å². The molecule has 1 saturated heterocycles. The Bertz CT molecular complexity index is 1030. The molecule has 3 heterocycles. The molecule has 1 unspecified atom stereocenters. The lowest BCUT2D eigenvalue weighted by molar-refractivity contribution is -0.0503. The van der Waals surface area contributed by atoms with Crippen LogP contribution in [0.25, 0.3) is 5.65 Å². The molecule has 33 heavy (non-hydrogen) atoms. The number of amides is 2. The van der Waals surface area contributed by atoms with Crippen LogP contribution in [0.2, 0.25) is 0 Å². The monoisotopic (exact) mass is 449 g/mol. The van der Waals surface area contributed by atoms with E-state index in [2.05, 4.69) is 15.6 Å². The molecule has 7 nitrogen and oxygen atoms in total. The van der Waals surface area contributed by atoms with Crippen LogP contribution in [-0.2, 0) is 0 Å². The lowest BCUT2D eigenvalue weighted by atomic mass is 9.49. The van der Waals surface area contributed by atoms with Crippen LogP contribution >= 0.6 is 0 Å². The summed E-state index contributed by atoms with van der Waals surface area (Å²) in [5.74, 6) is 2.45. The predicted octanol–water partition coefficient (Wildman–Crippen LogP) is 3.10. The molecule has 4 aliphatic carbocycles. The average Bonchev–Trinajstić information content (AvgIpc) is 3.26. The summed E-state index contributed by atoms with van der Waals surface area (Å²) in [5.41, 5.74) is 1.87. The third-order valence-electron chi connectivity index (χ3n) is 8.87. The molecule has 4 bridgehead atoms. The van der Waals surface area contributed by atoms with Crippen molar-refractivity contribution in [2.45, 2.75) is 57.4 Å². The number of nitrogens with zero attached hydrogens (tertiary/aromatic N) is 3. The minimum absolute atomic E-state index is 0.0717. The number of rotatable bonds is 5. The van der Waals surface area contributed by atoms with Crippen molar-refractivity contribution in [2.24, 2.45) is 23.2 Å². The Morgan fingerprint density at radius 3 is 2.58 bits per heavy atom. The van der Waals surface area contributed by atoms with Crippen LogP contribution < -0.4 is 10.6 Å². The Hall–Kier alpha value is -2.41. The summed E-state index contributed by atoms with van der Waals surface area (Å²) in [6, 6.07) is 5.71. The maximum Gasteiger partial charge on any atom is 0.274 e. The second-order valence-corrected chi connectivity index (χ2v) is 11.3. The molecule has 2 amide bonds. The summed E-state index contributed by atoms with van der Waals surface area (Å²) >= 11 is 0. The van der Waals surface area contributed by atoms with Gasteiger partial charge in [-0.15, -0.1) is 0 Å². The zero-order chi connectivity index (χ0) is 22.6. The fourth-order valence-corrected chi connectivity index (χ4v) is 7.67. The van der Waals surface area contributed by atoms with Crippen molar-refractivity contribution in [3.8, 4) is 0 Å². The number of imidazole rings is 1. The highest BCUT2D eigenvalue weighted by atomic mass is 16.2.